The van der Waals surface area contributed by atoms with Gasteiger partial charge in [0, 0.05) is 0 Å². The number of nitrogens with two attached hydrogens (primary N) is 1. The van der Waals surface area contributed by atoms with Crippen LogP contribution < -0.4 is 11.1 Å². The van der Waals surface area contributed by atoms with E-state index in [-0.39, 0.29) is 5.54 Å². The molecule has 1 aromatic rings. The summed E-state index contributed by atoms with van der Waals surface area (Å²) >= 11 is 0. The minimum atomic E-state index is -0.00931. The third kappa shape index (κ3) is 1.29. The number of hydrogen-bond acceptors (Lipinski definition) is 4. The third-order valence-electron chi connectivity index (χ3n) is 2.80. The van der Waals surface area contributed by atoms with Crippen molar-refractivity contribution in [2.45, 2.75) is 31.7 Å². The largest absolute Gasteiger partial charge is 0.367 e. The van der Waals surface area contributed by atoms with Crippen molar-refractivity contribution in [3.8, 4) is 0 Å². The Bertz CT molecular complexity index is 286. The van der Waals surface area contributed by atoms with Crippen molar-refractivity contribution in [3.05, 3.63) is 5.82 Å². The maximum absolute atomic E-state index is 5.48. The highest BCUT2D eigenvalue weighted by atomic mass is 15.3. The van der Waals surface area contributed by atoms with Gasteiger partial charge in [-0.05, 0) is 25.8 Å². The molecule has 0 amide bonds. The predicted octanol–water partition coefficient (Wildman–Crippen LogP) is 0.376. The molecule has 1 saturated heterocycles. The van der Waals surface area contributed by atoms with Crippen molar-refractivity contribution in [2.75, 3.05) is 12.3 Å². The van der Waals surface area contributed by atoms with Crippen LogP contribution in [0.1, 0.15) is 32.0 Å². The first-order valence-corrected chi connectivity index (χ1v) is 4.70. The lowest BCUT2D eigenvalue weighted by molar-refractivity contribution is 0.354. The van der Waals surface area contributed by atoms with Gasteiger partial charge in [-0.2, -0.15) is 4.98 Å². The van der Waals surface area contributed by atoms with Crippen LogP contribution in [-0.4, -0.2) is 21.7 Å². The van der Waals surface area contributed by atoms with E-state index in [0.29, 0.717) is 5.95 Å². The molecule has 0 aromatic carbocycles. The van der Waals surface area contributed by atoms with Gasteiger partial charge in [-0.25, -0.2) is 0 Å². The molecule has 0 spiro atoms. The van der Waals surface area contributed by atoms with Crippen molar-refractivity contribution in [1.82, 2.24) is 20.5 Å². The number of nitrogens with one attached hydrogen (secondary N) is 2. The summed E-state index contributed by atoms with van der Waals surface area (Å²) in [4.78, 5) is 4.18. The summed E-state index contributed by atoms with van der Waals surface area (Å²) in [6, 6.07) is 0. The summed E-state index contributed by atoms with van der Waals surface area (Å²) in [5, 5.41) is 10.2. The molecule has 0 saturated carbocycles. The van der Waals surface area contributed by atoms with E-state index in [1.807, 2.05) is 0 Å². The highest BCUT2D eigenvalue weighted by molar-refractivity contribution is 5.18. The van der Waals surface area contributed by atoms with E-state index in [9.17, 15) is 0 Å². The van der Waals surface area contributed by atoms with Crippen LogP contribution >= 0.6 is 0 Å². The lowest BCUT2D eigenvalue weighted by atomic mass is 9.93. The standard InChI is InChI=1S/C8H15N5/c1-2-8(4-3-5-10-8)6-11-7(9)13-12-6/h10H,2-5H2,1H3,(H3,9,11,12,13). The first kappa shape index (κ1) is 8.50. The Kier molecular flexibility index (Phi) is 1.95. The number of H-pyrrole nitrogens is 1. The van der Waals surface area contributed by atoms with E-state index >= 15 is 0 Å². The Morgan fingerprint density at radius 2 is 2.46 bits per heavy atom. The first-order valence-electron chi connectivity index (χ1n) is 4.70. The molecule has 0 aliphatic carbocycles. The van der Waals surface area contributed by atoms with Gasteiger partial charge in [-0.3, -0.25) is 5.10 Å². The molecule has 1 aromatic heterocycles. The second-order valence-corrected chi connectivity index (χ2v) is 3.51. The lowest BCUT2D eigenvalue weighted by Crippen LogP contribution is -2.37. The molecule has 13 heavy (non-hydrogen) atoms. The van der Waals surface area contributed by atoms with E-state index in [1.165, 1.54) is 6.42 Å². The van der Waals surface area contributed by atoms with Crippen molar-refractivity contribution in [1.29, 1.82) is 0 Å². The molecule has 2 heterocycles. The van der Waals surface area contributed by atoms with Crippen molar-refractivity contribution < 1.29 is 0 Å². The molecule has 1 unspecified atom stereocenters. The minimum absolute atomic E-state index is 0.00931. The average molecular weight is 181 g/mol. The van der Waals surface area contributed by atoms with Gasteiger partial charge in [0.05, 0.1) is 5.54 Å². The Morgan fingerprint density at radius 1 is 1.62 bits per heavy atom. The molecule has 0 radical (unpaired) electrons. The van der Waals surface area contributed by atoms with E-state index < -0.39 is 0 Å². The molecule has 5 heteroatoms. The van der Waals surface area contributed by atoms with E-state index in [0.717, 1.165) is 25.2 Å². The van der Waals surface area contributed by atoms with Gasteiger partial charge < -0.3 is 11.1 Å². The summed E-state index contributed by atoms with van der Waals surface area (Å²) in [5.41, 5.74) is 5.47. The summed E-state index contributed by atoms with van der Waals surface area (Å²) < 4.78 is 0. The number of aromatic amines is 1. The SMILES string of the molecule is CCC1(c2nc(N)n[nH]2)CCCN1. The lowest BCUT2D eigenvalue weighted by Gasteiger charge is -2.24. The smallest absolute Gasteiger partial charge is 0.239 e. The first-order chi connectivity index (χ1) is 6.27. The predicted molar refractivity (Wildman–Crippen MR) is 50.0 cm³/mol. The normalized spacial score (nSPS) is 28.1. The number of nitrogens with zero attached hydrogens (tertiary/aromatic N) is 2. The number of anilines is 1. The van der Waals surface area contributed by atoms with Crippen LogP contribution in [0.5, 0.6) is 0 Å². The van der Waals surface area contributed by atoms with E-state index in [1.54, 1.807) is 0 Å². The van der Waals surface area contributed by atoms with Crippen LogP contribution in [0.15, 0.2) is 0 Å². The Morgan fingerprint density at radius 3 is 2.92 bits per heavy atom. The highest BCUT2D eigenvalue weighted by Crippen LogP contribution is 2.31. The second kappa shape index (κ2) is 2.99. The fraction of sp³-hybridized carbons (Fsp3) is 0.750. The molecule has 2 rings (SSSR count). The number of rotatable bonds is 2. The molecule has 0 bridgehead atoms. The quantitative estimate of drug-likeness (QED) is 0.616. The molecule has 1 fully saturated rings. The molecular formula is C8H15N5. The zero-order valence-corrected chi connectivity index (χ0v) is 7.80. The molecule has 1 atom stereocenters. The van der Waals surface area contributed by atoms with Gasteiger partial charge in [-0.15, -0.1) is 5.10 Å². The van der Waals surface area contributed by atoms with Crippen LogP contribution in [0, 0.1) is 0 Å². The summed E-state index contributed by atoms with van der Waals surface area (Å²) in [5.74, 6) is 1.21. The fourth-order valence-electron chi connectivity index (χ4n) is 1.97. The van der Waals surface area contributed by atoms with Gasteiger partial charge in [0.2, 0.25) is 5.95 Å². The number of hydrogen-bond donors (Lipinski definition) is 3. The van der Waals surface area contributed by atoms with Crippen molar-refractivity contribution >= 4 is 5.95 Å². The molecule has 1 aliphatic heterocycles. The summed E-state index contributed by atoms with van der Waals surface area (Å²) in [6.45, 7) is 3.20. The zero-order valence-electron chi connectivity index (χ0n) is 7.80. The number of nitrogen functional groups attached to an aromatic ring is 1. The molecular weight excluding hydrogens is 166 g/mol. The van der Waals surface area contributed by atoms with Crippen LogP contribution in [0.2, 0.25) is 0 Å². The summed E-state index contributed by atoms with van der Waals surface area (Å²) in [6.07, 6.45) is 3.31. The number of aromatic nitrogens is 3. The molecule has 72 valence electrons. The minimum Gasteiger partial charge on any atom is -0.367 e. The van der Waals surface area contributed by atoms with Crippen LogP contribution in [0.4, 0.5) is 5.95 Å². The van der Waals surface area contributed by atoms with Crippen molar-refractivity contribution in [2.24, 2.45) is 0 Å². The topological polar surface area (TPSA) is 79.6 Å². The Labute approximate surface area is 77.1 Å². The maximum atomic E-state index is 5.48. The van der Waals surface area contributed by atoms with Gasteiger partial charge in [-0.1, -0.05) is 6.92 Å². The van der Waals surface area contributed by atoms with E-state index in [2.05, 4.69) is 27.4 Å². The van der Waals surface area contributed by atoms with Gasteiger partial charge >= 0.3 is 0 Å². The van der Waals surface area contributed by atoms with E-state index in [4.69, 9.17) is 5.73 Å². The summed E-state index contributed by atoms with van der Waals surface area (Å²) in [7, 11) is 0. The highest BCUT2D eigenvalue weighted by Gasteiger charge is 2.36. The average Bonchev–Trinajstić information content (AvgIpc) is 2.73. The molecule has 5 nitrogen and oxygen atoms in total. The maximum Gasteiger partial charge on any atom is 0.239 e. The zero-order chi connectivity index (χ0) is 9.31. The monoisotopic (exact) mass is 181 g/mol. The van der Waals surface area contributed by atoms with Crippen LogP contribution in [-0.2, 0) is 5.54 Å². The second-order valence-electron chi connectivity index (χ2n) is 3.51. The Hall–Kier alpha value is -1.10. The van der Waals surface area contributed by atoms with Gasteiger partial charge in [0.25, 0.3) is 0 Å². The van der Waals surface area contributed by atoms with Gasteiger partial charge in [0.1, 0.15) is 5.82 Å². The third-order valence-corrected chi connectivity index (χ3v) is 2.80. The molecule has 4 N–H and O–H groups in total. The van der Waals surface area contributed by atoms with Crippen LogP contribution in [0.3, 0.4) is 0 Å². The Balaban J connectivity index is 2.30. The van der Waals surface area contributed by atoms with Crippen LogP contribution in [0.25, 0.3) is 0 Å². The molecule has 1 aliphatic rings. The van der Waals surface area contributed by atoms with Gasteiger partial charge in [0.15, 0.2) is 0 Å². The van der Waals surface area contributed by atoms with Crippen molar-refractivity contribution in [3.63, 3.8) is 0 Å². The fourth-order valence-corrected chi connectivity index (χ4v) is 1.97.